The van der Waals surface area contributed by atoms with E-state index in [1.54, 1.807) is 0 Å². The van der Waals surface area contributed by atoms with Crippen molar-refractivity contribution in [1.29, 1.82) is 0 Å². The van der Waals surface area contributed by atoms with E-state index in [9.17, 15) is 4.79 Å². The second kappa shape index (κ2) is 4.61. The molecule has 0 saturated heterocycles. The van der Waals surface area contributed by atoms with E-state index in [-0.39, 0.29) is 0 Å². The van der Waals surface area contributed by atoms with Crippen molar-refractivity contribution in [2.75, 3.05) is 0 Å². The van der Waals surface area contributed by atoms with E-state index in [0.29, 0.717) is 6.54 Å². The van der Waals surface area contributed by atoms with E-state index in [1.165, 1.54) is 10.8 Å². The number of carbonyl (C=O) groups is 1. The van der Waals surface area contributed by atoms with Gasteiger partial charge in [-0.25, -0.2) is 4.79 Å². The molecule has 0 atom stereocenters. The lowest BCUT2D eigenvalue weighted by Crippen LogP contribution is -2.19. The Kier molecular flexibility index (Phi) is 2.80. The van der Waals surface area contributed by atoms with E-state index < -0.39 is 6.09 Å². The largest absolute Gasteiger partial charge is 0.465 e. The third-order valence-electron chi connectivity index (χ3n) is 3.31. The molecule has 3 aromatic carbocycles. The number of rotatable bonds is 2. The highest BCUT2D eigenvalue weighted by Gasteiger charge is 2.05. The van der Waals surface area contributed by atoms with Crippen molar-refractivity contribution < 1.29 is 9.90 Å². The van der Waals surface area contributed by atoms with Crippen molar-refractivity contribution >= 4 is 27.6 Å². The molecule has 0 bridgehead atoms. The van der Waals surface area contributed by atoms with Crippen LogP contribution in [0.3, 0.4) is 0 Å². The zero-order chi connectivity index (χ0) is 13.2. The lowest BCUT2D eigenvalue weighted by Gasteiger charge is -2.09. The van der Waals surface area contributed by atoms with Gasteiger partial charge in [0, 0.05) is 6.54 Å². The summed E-state index contributed by atoms with van der Waals surface area (Å²) >= 11 is 0. The van der Waals surface area contributed by atoms with Crippen molar-refractivity contribution in [1.82, 2.24) is 5.32 Å². The van der Waals surface area contributed by atoms with Gasteiger partial charge in [0.2, 0.25) is 0 Å². The molecule has 0 heterocycles. The van der Waals surface area contributed by atoms with Crippen molar-refractivity contribution in [2.24, 2.45) is 0 Å². The number of amides is 1. The van der Waals surface area contributed by atoms with Crippen LogP contribution in [-0.4, -0.2) is 11.2 Å². The van der Waals surface area contributed by atoms with Gasteiger partial charge < -0.3 is 10.4 Å². The number of hydrogen-bond donors (Lipinski definition) is 2. The Balaban J connectivity index is 2.20. The van der Waals surface area contributed by atoms with E-state index in [0.717, 1.165) is 16.3 Å². The second-order valence-corrected chi connectivity index (χ2v) is 4.46. The van der Waals surface area contributed by atoms with Crippen molar-refractivity contribution in [3.05, 3.63) is 60.2 Å². The molecule has 0 aliphatic carbocycles. The lowest BCUT2D eigenvalue weighted by molar-refractivity contribution is 0.194. The summed E-state index contributed by atoms with van der Waals surface area (Å²) in [6, 6.07) is 18.3. The van der Waals surface area contributed by atoms with Crippen LogP contribution in [0, 0.1) is 0 Å². The van der Waals surface area contributed by atoms with Crippen LogP contribution in [0.15, 0.2) is 54.6 Å². The predicted molar refractivity (Wildman–Crippen MR) is 76.3 cm³/mol. The lowest BCUT2D eigenvalue weighted by atomic mass is 9.98. The Hall–Kier alpha value is -2.55. The first-order valence-corrected chi connectivity index (χ1v) is 6.12. The summed E-state index contributed by atoms with van der Waals surface area (Å²) in [6.45, 7) is 0.324. The fraction of sp³-hybridized carbons (Fsp3) is 0.0625. The minimum absolute atomic E-state index is 0.324. The van der Waals surface area contributed by atoms with E-state index in [2.05, 4.69) is 35.6 Å². The smallest absolute Gasteiger partial charge is 0.404 e. The summed E-state index contributed by atoms with van der Waals surface area (Å²) in [5.41, 5.74) is 0.991. The zero-order valence-electron chi connectivity index (χ0n) is 10.3. The molecule has 0 aromatic heterocycles. The van der Waals surface area contributed by atoms with Crippen LogP contribution in [-0.2, 0) is 6.54 Å². The fourth-order valence-electron chi connectivity index (χ4n) is 2.43. The standard InChI is InChI=1S/C16H13NO2/c18-16(19)17-10-12-5-3-7-15-13-6-2-1-4-11(13)8-9-14(12)15/h1-9,17H,10H2,(H,18,19). The molecule has 0 unspecified atom stereocenters. The molecule has 0 radical (unpaired) electrons. The number of benzene rings is 3. The monoisotopic (exact) mass is 251 g/mol. The van der Waals surface area contributed by atoms with E-state index in [4.69, 9.17) is 5.11 Å². The van der Waals surface area contributed by atoms with E-state index in [1.807, 2.05) is 24.3 Å². The predicted octanol–water partition coefficient (Wildman–Crippen LogP) is 3.76. The first kappa shape index (κ1) is 11.5. The van der Waals surface area contributed by atoms with Gasteiger partial charge >= 0.3 is 6.09 Å². The average Bonchev–Trinajstić information content (AvgIpc) is 2.44. The molecule has 94 valence electrons. The summed E-state index contributed by atoms with van der Waals surface area (Å²) in [7, 11) is 0. The molecule has 3 aromatic rings. The number of fused-ring (bicyclic) bond motifs is 3. The highest BCUT2D eigenvalue weighted by Crippen LogP contribution is 2.27. The van der Waals surface area contributed by atoms with Gasteiger partial charge in [0.15, 0.2) is 0 Å². The van der Waals surface area contributed by atoms with Gasteiger partial charge in [-0.1, -0.05) is 54.6 Å². The van der Waals surface area contributed by atoms with Crippen LogP contribution in [0.1, 0.15) is 5.56 Å². The minimum atomic E-state index is -1.00. The highest BCUT2D eigenvalue weighted by molar-refractivity contribution is 6.08. The second-order valence-electron chi connectivity index (χ2n) is 4.46. The third-order valence-corrected chi connectivity index (χ3v) is 3.31. The van der Waals surface area contributed by atoms with Crippen LogP contribution in [0.25, 0.3) is 21.5 Å². The Bertz CT molecular complexity index is 765. The van der Waals surface area contributed by atoms with Crippen LogP contribution >= 0.6 is 0 Å². The minimum Gasteiger partial charge on any atom is -0.465 e. The molecule has 0 aliphatic rings. The SMILES string of the molecule is O=C(O)NCc1cccc2c1ccc1ccccc12. The van der Waals surface area contributed by atoms with Gasteiger partial charge in [0.25, 0.3) is 0 Å². The molecule has 2 N–H and O–H groups in total. The summed E-state index contributed by atoms with van der Waals surface area (Å²) < 4.78 is 0. The van der Waals surface area contributed by atoms with Gasteiger partial charge in [-0.05, 0) is 27.1 Å². The molecule has 19 heavy (non-hydrogen) atoms. The van der Waals surface area contributed by atoms with E-state index >= 15 is 0 Å². The Morgan fingerprint density at radius 1 is 0.895 bits per heavy atom. The van der Waals surface area contributed by atoms with Crippen LogP contribution in [0.2, 0.25) is 0 Å². The Morgan fingerprint density at radius 3 is 2.53 bits per heavy atom. The van der Waals surface area contributed by atoms with Crippen LogP contribution in [0.5, 0.6) is 0 Å². The van der Waals surface area contributed by atoms with Gasteiger partial charge in [0.1, 0.15) is 0 Å². The number of carboxylic acid groups (broad SMARTS) is 1. The number of hydrogen-bond acceptors (Lipinski definition) is 1. The maximum absolute atomic E-state index is 10.6. The highest BCUT2D eigenvalue weighted by atomic mass is 16.4. The first-order chi connectivity index (χ1) is 9.25. The average molecular weight is 251 g/mol. The maximum Gasteiger partial charge on any atom is 0.404 e. The van der Waals surface area contributed by atoms with Gasteiger partial charge in [-0.2, -0.15) is 0 Å². The molecule has 0 fully saturated rings. The molecule has 3 rings (SSSR count). The maximum atomic E-state index is 10.6. The molecule has 0 spiro atoms. The third kappa shape index (κ3) is 2.10. The van der Waals surface area contributed by atoms with Crippen molar-refractivity contribution in [2.45, 2.75) is 6.54 Å². The molecule has 0 aliphatic heterocycles. The topological polar surface area (TPSA) is 49.3 Å². The Morgan fingerprint density at radius 2 is 1.68 bits per heavy atom. The fourth-order valence-corrected chi connectivity index (χ4v) is 2.43. The Labute approximate surface area is 110 Å². The molecule has 3 nitrogen and oxygen atoms in total. The molecule has 1 amide bonds. The van der Waals surface area contributed by atoms with Gasteiger partial charge in [0.05, 0.1) is 0 Å². The first-order valence-electron chi connectivity index (χ1n) is 6.12. The zero-order valence-corrected chi connectivity index (χ0v) is 10.3. The quantitative estimate of drug-likeness (QED) is 0.681. The van der Waals surface area contributed by atoms with Crippen molar-refractivity contribution in [3.63, 3.8) is 0 Å². The number of nitrogens with one attached hydrogen (secondary N) is 1. The summed E-state index contributed by atoms with van der Waals surface area (Å²) in [6.07, 6.45) is -1.00. The summed E-state index contributed by atoms with van der Waals surface area (Å²) in [5.74, 6) is 0. The van der Waals surface area contributed by atoms with Gasteiger partial charge in [-0.15, -0.1) is 0 Å². The normalized spacial score (nSPS) is 10.7. The van der Waals surface area contributed by atoms with Crippen LogP contribution in [0.4, 0.5) is 4.79 Å². The molecular weight excluding hydrogens is 238 g/mol. The molecule has 0 saturated carbocycles. The van der Waals surface area contributed by atoms with Crippen LogP contribution < -0.4 is 5.32 Å². The summed E-state index contributed by atoms with van der Waals surface area (Å²) in [4.78, 5) is 10.6. The van der Waals surface area contributed by atoms with Gasteiger partial charge in [-0.3, -0.25) is 0 Å². The summed E-state index contributed by atoms with van der Waals surface area (Å²) in [5, 5.41) is 15.8. The molecule has 3 heteroatoms. The molecular formula is C16H13NO2. The van der Waals surface area contributed by atoms with Crippen molar-refractivity contribution in [3.8, 4) is 0 Å².